The molecular formula is C26H20Cl2N2O4. The fourth-order valence-corrected chi connectivity index (χ4v) is 3.99. The molecule has 34 heavy (non-hydrogen) atoms. The Bertz CT molecular complexity index is 1300. The minimum absolute atomic E-state index is 0.132. The summed E-state index contributed by atoms with van der Waals surface area (Å²) in [6, 6.07) is 18.4. The molecule has 4 amide bonds. The molecule has 0 unspecified atom stereocenters. The van der Waals surface area contributed by atoms with Crippen LogP contribution in [0.15, 0.2) is 72.3 Å². The smallest absolute Gasteiger partial charge is 0.335 e. The van der Waals surface area contributed by atoms with Crippen molar-refractivity contribution in [3.05, 3.63) is 99.0 Å². The molecule has 1 aliphatic heterocycles. The molecule has 8 heteroatoms. The predicted molar refractivity (Wildman–Crippen MR) is 132 cm³/mol. The van der Waals surface area contributed by atoms with E-state index in [1.54, 1.807) is 54.6 Å². The molecule has 0 bridgehead atoms. The average molecular weight is 495 g/mol. The van der Waals surface area contributed by atoms with E-state index in [0.29, 0.717) is 33.5 Å². The number of hydrogen-bond acceptors (Lipinski definition) is 4. The van der Waals surface area contributed by atoms with Crippen LogP contribution in [-0.2, 0) is 22.6 Å². The lowest BCUT2D eigenvalue weighted by molar-refractivity contribution is -0.122. The van der Waals surface area contributed by atoms with Gasteiger partial charge in [0.05, 0.1) is 5.69 Å². The van der Waals surface area contributed by atoms with E-state index < -0.39 is 17.8 Å². The van der Waals surface area contributed by atoms with Gasteiger partial charge in [0.1, 0.15) is 17.9 Å². The van der Waals surface area contributed by atoms with Crippen molar-refractivity contribution < 1.29 is 19.1 Å². The number of anilines is 1. The average Bonchev–Trinajstić information content (AvgIpc) is 2.82. The molecule has 1 N–H and O–H groups in total. The fourth-order valence-electron chi connectivity index (χ4n) is 3.53. The first-order chi connectivity index (χ1) is 16.4. The lowest BCUT2D eigenvalue weighted by Crippen LogP contribution is -2.54. The second-order valence-corrected chi connectivity index (χ2v) is 8.38. The van der Waals surface area contributed by atoms with Crippen LogP contribution in [0.2, 0.25) is 10.0 Å². The van der Waals surface area contributed by atoms with Gasteiger partial charge in [0.15, 0.2) is 0 Å². The van der Waals surface area contributed by atoms with Gasteiger partial charge < -0.3 is 4.74 Å². The molecule has 0 atom stereocenters. The summed E-state index contributed by atoms with van der Waals surface area (Å²) >= 11 is 12.1. The number of benzene rings is 3. The molecule has 1 saturated heterocycles. The van der Waals surface area contributed by atoms with Crippen LogP contribution in [0.1, 0.15) is 23.6 Å². The van der Waals surface area contributed by atoms with Crippen molar-refractivity contribution >= 4 is 52.8 Å². The number of aryl methyl sites for hydroxylation is 1. The Balaban J connectivity index is 1.53. The first kappa shape index (κ1) is 23.5. The van der Waals surface area contributed by atoms with Gasteiger partial charge in [-0.2, -0.15) is 0 Å². The SMILES string of the molecule is CCc1ccccc1N1C(=O)NC(=O)/C(=C/c2ccc(OCc3ccc(Cl)cc3Cl)cc2)C1=O. The first-order valence-corrected chi connectivity index (χ1v) is 11.3. The highest BCUT2D eigenvalue weighted by Crippen LogP contribution is 2.27. The summed E-state index contributed by atoms with van der Waals surface area (Å²) < 4.78 is 5.77. The van der Waals surface area contributed by atoms with E-state index in [1.807, 2.05) is 19.1 Å². The van der Waals surface area contributed by atoms with E-state index in [-0.39, 0.29) is 12.2 Å². The number of imide groups is 2. The quantitative estimate of drug-likeness (QED) is 0.347. The van der Waals surface area contributed by atoms with Gasteiger partial charge in [-0.15, -0.1) is 0 Å². The van der Waals surface area contributed by atoms with E-state index in [4.69, 9.17) is 27.9 Å². The number of halogens is 2. The number of nitrogens with one attached hydrogen (secondary N) is 1. The monoisotopic (exact) mass is 494 g/mol. The van der Waals surface area contributed by atoms with E-state index in [0.717, 1.165) is 16.0 Å². The van der Waals surface area contributed by atoms with Crippen molar-refractivity contribution in [2.24, 2.45) is 0 Å². The Morgan fingerprint density at radius 1 is 0.941 bits per heavy atom. The molecule has 0 spiro atoms. The van der Waals surface area contributed by atoms with Gasteiger partial charge in [-0.1, -0.05) is 66.5 Å². The maximum atomic E-state index is 13.1. The number of nitrogens with zero attached hydrogens (tertiary/aromatic N) is 1. The van der Waals surface area contributed by atoms with Crippen LogP contribution in [0.4, 0.5) is 10.5 Å². The standard InChI is InChI=1S/C26H20Cl2N2O4/c1-2-17-5-3-4-6-23(17)30-25(32)21(24(31)29-26(30)33)13-16-7-11-20(12-8-16)34-15-18-9-10-19(27)14-22(18)28/h3-14H,2,15H2,1H3,(H,29,31,33)/b21-13-. The topological polar surface area (TPSA) is 75.7 Å². The van der Waals surface area contributed by atoms with Crippen molar-refractivity contribution in [1.29, 1.82) is 0 Å². The van der Waals surface area contributed by atoms with Gasteiger partial charge in [0.2, 0.25) is 0 Å². The first-order valence-electron chi connectivity index (χ1n) is 10.5. The third-order valence-electron chi connectivity index (χ3n) is 5.32. The second kappa shape index (κ2) is 10.1. The molecule has 0 saturated carbocycles. The molecule has 0 radical (unpaired) electrons. The molecule has 3 aromatic rings. The highest BCUT2D eigenvalue weighted by atomic mass is 35.5. The van der Waals surface area contributed by atoms with Crippen LogP contribution >= 0.6 is 23.2 Å². The van der Waals surface area contributed by atoms with E-state index in [2.05, 4.69) is 5.32 Å². The van der Waals surface area contributed by atoms with Crippen molar-refractivity contribution in [2.75, 3.05) is 4.90 Å². The lowest BCUT2D eigenvalue weighted by Gasteiger charge is -2.27. The highest BCUT2D eigenvalue weighted by molar-refractivity contribution is 6.39. The van der Waals surface area contributed by atoms with Gasteiger partial charge in [0, 0.05) is 15.6 Å². The fraction of sp³-hybridized carbons (Fsp3) is 0.115. The zero-order chi connectivity index (χ0) is 24.2. The van der Waals surface area contributed by atoms with Gasteiger partial charge in [0.25, 0.3) is 11.8 Å². The predicted octanol–water partition coefficient (Wildman–Crippen LogP) is 5.80. The summed E-state index contributed by atoms with van der Waals surface area (Å²) in [5.41, 5.74) is 2.54. The van der Waals surface area contributed by atoms with Gasteiger partial charge in [-0.05, 0) is 54.0 Å². The summed E-state index contributed by atoms with van der Waals surface area (Å²) in [5, 5.41) is 3.31. The van der Waals surface area contributed by atoms with Crippen molar-refractivity contribution in [3.63, 3.8) is 0 Å². The molecule has 6 nitrogen and oxygen atoms in total. The number of rotatable bonds is 6. The van der Waals surface area contributed by atoms with Crippen molar-refractivity contribution in [1.82, 2.24) is 5.32 Å². The molecule has 1 fully saturated rings. The van der Waals surface area contributed by atoms with Gasteiger partial charge in [-0.25, -0.2) is 9.69 Å². The number of barbiturate groups is 1. The maximum absolute atomic E-state index is 13.1. The Kier molecular flexibility index (Phi) is 7.01. The Labute approximate surface area is 206 Å². The van der Waals surface area contributed by atoms with Crippen LogP contribution in [0.5, 0.6) is 5.75 Å². The maximum Gasteiger partial charge on any atom is 0.335 e. The van der Waals surface area contributed by atoms with Crippen LogP contribution < -0.4 is 15.0 Å². The number of carbonyl (C=O) groups excluding carboxylic acids is 3. The van der Waals surface area contributed by atoms with Crippen molar-refractivity contribution in [3.8, 4) is 5.75 Å². The molecule has 1 aliphatic rings. The number of hydrogen-bond donors (Lipinski definition) is 1. The Hall–Kier alpha value is -3.61. The molecule has 4 rings (SSSR count). The molecule has 0 aromatic heterocycles. The molecule has 0 aliphatic carbocycles. The van der Waals surface area contributed by atoms with Gasteiger partial charge in [-0.3, -0.25) is 14.9 Å². The summed E-state index contributed by atoms with van der Waals surface area (Å²) in [5.74, 6) is -0.827. The zero-order valence-corrected chi connectivity index (χ0v) is 19.7. The minimum Gasteiger partial charge on any atom is -0.489 e. The Morgan fingerprint density at radius 2 is 1.68 bits per heavy atom. The minimum atomic E-state index is -0.766. The third kappa shape index (κ3) is 4.98. The summed E-state index contributed by atoms with van der Waals surface area (Å²) in [7, 11) is 0. The van der Waals surface area contributed by atoms with Crippen LogP contribution in [0.25, 0.3) is 6.08 Å². The molecular weight excluding hydrogens is 475 g/mol. The summed E-state index contributed by atoms with van der Waals surface area (Å²) in [6.07, 6.45) is 2.08. The number of amides is 4. The normalized spacial score (nSPS) is 15.0. The van der Waals surface area contributed by atoms with Crippen LogP contribution in [0, 0.1) is 0 Å². The van der Waals surface area contributed by atoms with Gasteiger partial charge >= 0.3 is 6.03 Å². The highest BCUT2D eigenvalue weighted by Gasteiger charge is 2.37. The molecule has 3 aromatic carbocycles. The number of ether oxygens (including phenoxy) is 1. The number of urea groups is 1. The Morgan fingerprint density at radius 3 is 2.38 bits per heavy atom. The third-order valence-corrected chi connectivity index (χ3v) is 5.90. The molecule has 1 heterocycles. The number of para-hydroxylation sites is 1. The van der Waals surface area contributed by atoms with Crippen LogP contribution in [0.3, 0.4) is 0 Å². The van der Waals surface area contributed by atoms with Crippen LogP contribution in [-0.4, -0.2) is 17.8 Å². The summed E-state index contributed by atoms with van der Waals surface area (Å²) in [4.78, 5) is 39.0. The van der Waals surface area contributed by atoms with E-state index in [1.165, 1.54) is 6.08 Å². The van der Waals surface area contributed by atoms with Crippen molar-refractivity contribution in [2.45, 2.75) is 20.0 Å². The second-order valence-electron chi connectivity index (χ2n) is 7.53. The number of carbonyl (C=O) groups is 3. The lowest BCUT2D eigenvalue weighted by atomic mass is 10.0. The van der Waals surface area contributed by atoms with E-state index >= 15 is 0 Å². The van der Waals surface area contributed by atoms with E-state index in [9.17, 15) is 14.4 Å². The molecule has 172 valence electrons. The zero-order valence-electron chi connectivity index (χ0n) is 18.2. The summed E-state index contributed by atoms with van der Waals surface area (Å²) in [6.45, 7) is 2.18. The largest absolute Gasteiger partial charge is 0.489 e.